The molecular weight excluding hydrogens is 392 g/mol. The number of nitrogens with zero attached hydrogens (tertiary/aromatic N) is 3. The molecule has 4 aliphatic carbocycles. The third-order valence-corrected chi connectivity index (χ3v) is 8.63. The molecule has 1 saturated heterocycles. The molecule has 1 atom stereocenters. The van der Waals surface area contributed by atoms with E-state index in [0.29, 0.717) is 11.3 Å². The number of nitro benzene ring substituents is 1. The molecule has 1 aliphatic heterocycles. The summed E-state index contributed by atoms with van der Waals surface area (Å²) >= 11 is 0. The first kappa shape index (κ1) is 20.7. The van der Waals surface area contributed by atoms with Crippen molar-refractivity contribution in [3.63, 3.8) is 0 Å². The fourth-order valence-electron chi connectivity index (χ4n) is 7.27. The van der Waals surface area contributed by atoms with E-state index in [-0.39, 0.29) is 28.0 Å². The van der Waals surface area contributed by atoms with Crippen LogP contribution in [0.4, 0.5) is 11.4 Å². The van der Waals surface area contributed by atoms with Gasteiger partial charge in [-0.25, -0.2) is 0 Å². The number of carbonyl (C=O) groups is 1. The van der Waals surface area contributed by atoms with E-state index in [9.17, 15) is 14.9 Å². The predicted molar refractivity (Wildman–Crippen MR) is 120 cm³/mol. The molecule has 1 N–H and O–H groups in total. The molecule has 7 heteroatoms. The van der Waals surface area contributed by atoms with Crippen LogP contribution in [0.5, 0.6) is 0 Å². The molecular formula is C24H34N4O3. The number of rotatable bonds is 5. The van der Waals surface area contributed by atoms with Gasteiger partial charge in [0.1, 0.15) is 5.69 Å². The molecule has 0 radical (unpaired) electrons. The van der Waals surface area contributed by atoms with E-state index in [1.807, 2.05) is 0 Å². The van der Waals surface area contributed by atoms with Crippen LogP contribution in [0, 0.1) is 33.3 Å². The first-order valence-corrected chi connectivity index (χ1v) is 11.9. The second kappa shape index (κ2) is 7.76. The molecule has 4 saturated carbocycles. The third-order valence-electron chi connectivity index (χ3n) is 8.63. The van der Waals surface area contributed by atoms with Crippen molar-refractivity contribution in [1.82, 2.24) is 10.2 Å². The van der Waals surface area contributed by atoms with Gasteiger partial charge in [0.05, 0.1) is 4.92 Å². The van der Waals surface area contributed by atoms with Crippen molar-refractivity contribution in [2.45, 2.75) is 51.5 Å². The molecule has 5 aliphatic rings. The lowest BCUT2D eigenvalue weighted by Crippen LogP contribution is -2.55. The minimum atomic E-state index is -0.354. The van der Waals surface area contributed by atoms with Gasteiger partial charge >= 0.3 is 0 Å². The minimum Gasteiger partial charge on any atom is -0.363 e. The number of benzene rings is 1. The summed E-state index contributed by atoms with van der Waals surface area (Å²) in [7, 11) is 2.06. The van der Waals surface area contributed by atoms with Crippen LogP contribution < -0.4 is 10.2 Å². The van der Waals surface area contributed by atoms with Gasteiger partial charge in [0.25, 0.3) is 11.6 Å². The zero-order chi connectivity index (χ0) is 21.8. The SMILES string of the molecule is C[C@@H](NC(=O)c1ccc(N2CCN(C)CC2)c([N+](=O)[O-])c1)C12CC3CC(CC(C3)C1)C2. The Bertz CT molecular complexity index is 842. The summed E-state index contributed by atoms with van der Waals surface area (Å²) in [6, 6.07) is 5.08. The number of carbonyl (C=O) groups excluding carboxylic acids is 1. The third kappa shape index (κ3) is 3.81. The van der Waals surface area contributed by atoms with E-state index < -0.39 is 0 Å². The van der Waals surface area contributed by atoms with Crippen molar-refractivity contribution >= 4 is 17.3 Å². The summed E-state index contributed by atoms with van der Waals surface area (Å²) < 4.78 is 0. The second-order valence-electron chi connectivity index (χ2n) is 10.7. The molecule has 7 nitrogen and oxygen atoms in total. The lowest BCUT2D eigenvalue weighted by atomic mass is 9.48. The van der Waals surface area contributed by atoms with Crippen LogP contribution in [0.25, 0.3) is 0 Å². The highest BCUT2D eigenvalue weighted by Crippen LogP contribution is 2.61. The Balaban J connectivity index is 1.32. The average molecular weight is 427 g/mol. The summed E-state index contributed by atoms with van der Waals surface area (Å²) in [4.78, 5) is 28.8. The Labute approximate surface area is 184 Å². The van der Waals surface area contributed by atoms with Gasteiger partial charge in [-0.15, -0.1) is 0 Å². The summed E-state index contributed by atoms with van der Waals surface area (Å²) in [5.74, 6) is 2.30. The van der Waals surface area contributed by atoms with Crippen LogP contribution in [0.2, 0.25) is 0 Å². The highest BCUT2D eigenvalue weighted by molar-refractivity contribution is 5.96. The molecule has 0 spiro atoms. The zero-order valence-electron chi connectivity index (χ0n) is 18.7. The Morgan fingerprint density at radius 1 is 1.10 bits per heavy atom. The Kier molecular flexibility index (Phi) is 5.19. The van der Waals surface area contributed by atoms with Gasteiger partial charge in [0, 0.05) is 43.9 Å². The number of piperazine rings is 1. The quantitative estimate of drug-likeness (QED) is 0.574. The van der Waals surface area contributed by atoms with E-state index in [2.05, 4.69) is 29.1 Å². The molecule has 1 heterocycles. The van der Waals surface area contributed by atoms with Crippen molar-refractivity contribution in [1.29, 1.82) is 0 Å². The predicted octanol–water partition coefficient (Wildman–Crippen LogP) is 3.68. The Hall–Kier alpha value is -2.15. The van der Waals surface area contributed by atoms with Gasteiger partial charge < -0.3 is 15.1 Å². The van der Waals surface area contributed by atoms with Crippen LogP contribution in [-0.2, 0) is 0 Å². The molecule has 0 aromatic heterocycles. The van der Waals surface area contributed by atoms with Gasteiger partial charge in [-0.05, 0) is 87.8 Å². The maximum absolute atomic E-state index is 13.1. The highest BCUT2D eigenvalue weighted by Gasteiger charge is 2.53. The van der Waals surface area contributed by atoms with E-state index in [0.717, 1.165) is 43.9 Å². The monoisotopic (exact) mass is 426 g/mol. The summed E-state index contributed by atoms with van der Waals surface area (Å²) in [6.07, 6.45) is 7.80. The maximum Gasteiger partial charge on any atom is 0.293 e. The van der Waals surface area contributed by atoms with Crippen LogP contribution in [0.15, 0.2) is 18.2 Å². The van der Waals surface area contributed by atoms with E-state index >= 15 is 0 Å². The number of likely N-dealkylation sites (N-methyl/N-ethyl adjacent to an activating group) is 1. The summed E-state index contributed by atoms with van der Waals surface area (Å²) in [5.41, 5.74) is 1.25. The number of hydrogen-bond donors (Lipinski definition) is 1. The van der Waals surface area contributed by atoms with Crippen molar-refractivity contribution in [3.8, 4) is 0 Å². The molecule has 4 bridgehead atoms. The molecule has 168 valence electrons. The van der Waals surface area contributed by atoms with Crippen LogP contribution in [0.3, 0.4) is 0 Å². The summed E-state index contributed by atoms with van der Waals surface area (Å²) in [6.45, 7) is 5.42. The first-order valence-electron chi connectivity index (χ1n) is 11.9. The van der Waals surface area contributed by atoms with Gasteiger partial charge in [-0.3, -0.25) is 14.9 Å². The van der Waals surface area contributed by atoms with Crippen LogP contribution >= 0.6 is 0 Å². The Morgan fingerprint density at radius 3 is 2.23 bits per heavy atom. The summed E-state index contributed by atoms with van der Waals surface area (Å²) in [5, 5.41) is 15.0. The van der Waals surface area contributed by atoms with E-state index in [1.54, 1.807) is 12.1 Å². The molecule has 6 rings (SSSR count). The fourth-order valence-corrected chi connectivity index (χ4v) is 7.27. The molecule has 1 aromatic carbocycles. The van der Waals surface area contributed by atoms with Crippen molar-refractivity contribution < 1.29 is 9.72 Å². The maximum atomic E-state index is 13.1. The smallest absolute Gasteiger partial charge is 0.293 e. The minimum absolute atomic E-state index is 0.0275. The van der Waals surface area contributed by atoms with Crippen molar-refractivity contribution in [2.75, 3.05) is 38.1 Å². The normalized spacial score (nSPS) is 33.4. The van der Waals surface area contributed by atoms with Crippen molar-refractivity contribution in [3.05, 3.63) is 33.9 Å². The fraction of sp³-hybridized carbons (Fsp3) is 0.708. The number of nitro groups is 1. The van der Waals surface area contributed by atoms with Gasteiger partial charge in [0.15, 0.2) is 0 Å². The lowest BCUT2D eigenvalue weighted by molar-refractivity contribution is -0.384. The standard InChI is InChI=1S/C24H34N4O3/c1-16(24-13-17-9-18(14-24)11-19(10-17)15-24)25-23(29)20-3-4-21(22(12-20)28(30)31)27-7-5-26(2)6-8-27/h3-4,12,16-19H,5-11,13-15H2,1-2H3,(H,25,29)/t16-,17?,18?,19?,24?/m1/s1. The lowest BCUT2D eigenvalue weighted by Gasteiger charge is -2.59. The van der Waals surface area contributed by atoms with E-state index in [4.69, 9.17) is 0 Å². The second-order valence-corrected chi connectivity index (χ2v) is 10.7. The van der Waals surface area contributed by atoms with Gasteiger partial charge in [0.2, 0.25) is 0 Å². The van der Waals surface area contributed by atoms with E-state index in [1.165, 1.54) is 44.6 Å². The number of hydrogen-bond acceptors (Lipinski definition) is 5. The Morgan fingerprint density at radius 2 is 1.68 bits per heavy atom. The number of anilines is 1. The van der Waals surface area contributed by atoms with Gasteiger partial charge in [-0.1, -0.05) is 0 Å². The number of nitrogens with one attached hydrogen (secondary N) is 1. The molecule has 1 aromatic rings. The van der Waals surface area contributed by atoms with Gasteiger partial charge in [-0.2, -0.15) is 0 Å². The molecule has 1 amide bonds. The largest absolute Gasteiger partial charge is 0.363 e. The van der Waals surface area contributed by atoms with Crippen LogP contribution in [0.1, 0.15) is 55.8 Å². The zero-order valence-corrected chi connectivity index (χ0v) is 18.7. The van der Waals surface area contributed by atoms with Crippen molar-refractivity contribution in [2.24, 2.45) is 23.2 Å². The molecule has 0 unspecified atom stereocenters. The topological polar surface area (TPSA) is 78.7 Å². The molecule has 31 heavy (non-hydrogen) atoms. The molecule has 5 fully saturated rings. The first-order chi connectivity index (χ1) is 14.8. The highest BCUT2D eigenvalue weighted by atomic mass is 16.6. The average Bonchev–Trinajstić information content (AvgIpc) is 2.73. The van der Waals surface area contributed by atoms with Crippen LogP contribution in [-0.4, -0.2) is 55.0 Å². The number of amides is 1.